The van der Waals surface area contributed by atoms with Crippen molar-refractivity contribution < 1.29 is 24.6 Å². The molecule has 0 heterocycles. The van der Waals surface area contributed by atoms with Gasteiger partial charge in [0.1, 0.15) is 18.4 Å². The minimum absolute atomic E-state index is 0.354. The van der Waals surface area contributed by atoms with E-state index in [4.69, 9.17) is 14.2 Å². The Bertz CT molecular complexity index is 342. The van der Waals surface area contributed by atoms with Gasteiger partial charge < -0.3 is 24.6 Å². The first-order valence-corrected chi connectivity index (χ1v) is 6.95. The number of hydrogen-bond acceptors (Lipinski definition) is 4. The summed E-state index contributed by atoms with van der Waals surface area (Å²) in [4.78, 5) is 0. The van der Waals surface area contributed by atoms with Gasteiger partial charge in [0.15, 0.2) is 0 Å². The minimum Gasteiger partial charge on any atom is -0.497 e. The zero-order valence-electron chi connectivity index (χ0n) is 12.4. The smallest absolute Gasteiger partial charge is 0.126 e. The molecule has 1 aromatic carbocycles. The minimum atomic E-state index is -0.434. The first-order valence-electron chi connectivity index (χ1n) is 6.95. The highest BCUT2D eigenvalue weighted by atomic mass is 16.5. The molecule has 0 aliphatic carbocycles. The van der Waals surface area contributed by atoms with Gasteiger partial charge in [-0.1, -0.05) is 12.1 Å². The van der Waals surface area contributed by atoms with Gasteiger partial charge in [0.2, 0.25) is 0 Å². The second kappa shape index (κ2) is 10.6. The van der Waals surface area contributed by atoms with Crippen molar-refractivity contribution >= 4 is 0 Å². The Balaban J connectivity index is 2.07. The molecule has 0 bridgehead atoms. The first-order chi connectivity index (χ1) is 9.76. The van der Waals surface area contributed by atoms with Crippen LogP contribution in [0.1, 0.15) is 12.0 Å². The van der Waals surface area contributed by atoms with Crippen LogP contribution in [0.2, 0.25) is 0 Å². The lowest BCUT2D eigenvalue weighted by Crippen LogP contribution is -2.86. The van der Waals surface area contributed by atoms with Crippen LogP contribution in [0.15, 0.2) is 24.3 Å². The molecule has 1 rings (SSSR count). The molecule has 0 unspecified atom stereocenters. The van der Waals surface area contributed by atoms with Gasteiger partial charge in [-0.3, -0.25) is 0 Å². The third-order valence-electron chi connectivity index (χ3n) is 2.93. The average molecular weight is 284 g/mol. The number of aliphatic hydroxyl groups is 1. The van der Waals surface area contributed by atoms with Gasteiger partial charge in [0, 0.05) is 13.5 Å². The molecule has 1 aromatic rings. The summed E-state index contributed by atoms with van der Waals surface area (Å²) in [5.41, 5.74) is 1.07. The van der Waals surface area contributed by atoms with Crippen LogP contribution in [0.25, 0.3) is 0 Å². The maximum absolute atomic E-state index is 9.76. The normalized spacial score (nSPS) is 12.3. The summed E-state index contributed by atoms with van der Waals surface area (Å²) in [5, 5.41) is 11.8. The third-order valence-corrected chi connectivity index (χ3v) is 2.93. The molecule has 20 heavy (non-hydrogen) atoms. The Labute approximate surface area is 120 Å². The predicted molar refractivity (Wildman–Crippen MR) is 76.8 cm³/mol. The van der Waals surface area contributed by atoms with E-state index in [9.17, 15) is 5.11 Å². The molecule has 0 fully saturated rings. The van der Waals surface area contributed by atoms with E-state index in [0.29, 0.717) is 19.8 Å². The van der Waals surface area contributed by atoms with Crippen LogP contribution in [0, 0.1) is 0 Å². The number of nitrogens with two attached hydrogens (primary N) is 1. The maximum atomic E-state index is 9.76. The molecule has 0 aliphatic rings. The van der Waals surface area contributed by atoms with Crippen LogP contribution >= 0.6 is 0 Å². The predicted octanol–water partition coefficient (Wildman–Crippen LogP) is 0.173. The van der Waals surface area contributed by atoms with Crippen molar-refractivity contribution in [2.75, 3.05) is 40.5 Å². The fraction of sp³-hybridized carbons (Fsp3) is 0.600. The number of hydrogen-bond donors (Lipinski definition) is 2. The van der Waals surface area contributed by atoms with Crippen LogP contribution in [-0.4, -0.2) is 51.7 Å². The molecule has 5 nitrogen and oxygen atoms in total. The lowest BCUT2D eigenvalue weighted by Gasteiger charge is -2.10. The molecule has 0 aliphatic heterocycles. The van der Waals surface area contributed by atoms with E-state index < -0.39 is 6.10 Å². The lowest BCUT2D eigenvalue weighted by molar-refractivity contribution is -0.661. The summed E-state index contributed by atoms with van der Waals surface area (Å²) >= 11 is 0. The molecule has 0 saturated heterocycles. The fourth-order valence-corrected chi connectivity index (χ4v) is 1.78. The van der Waals surface area contributed by atoms with Crippen molar-refractivity contribution in [3.05, 3.63) is 29.8 Å². The highest BCUT2D eigenvalue weighted by molar-refractivity contribution is 5.26. The van der Waals surface area contributed by atoms with Gasteiger partial charge in [-0.05, 0) is 17.7 Å². The molecule has 0 spiro atoms. The highest BCUT2D eigenvalue weighted by Gasteiger charge is 2.06. The molecule has 5 heteroatoms. The fourth-order valence-electron chi connectivity index (χ4n) is 1.78. The molecule has 0 saturated carbocycles. The van der Waals surface area contributed by atoms with Crippen molar-refractivity contribution in [2.45, 2.75) is 19.1 Å². The van der Waals surface area contributed by atoms with Gasteiger partial charge in [-0.15, -0.1) is 0 Å². The highest BCUT2D eigenvalue weighted by Crippen LogP contribution is 2.11. The maximum Gasteiger partial charge on any atom is 0.126 e. The van der Waals surface area contributed by atoms with E-state index in [-0.39, 0.29) is 0 Å². The summed E-state index contributed by atoms with van der Waals surface area (Å²) in [6, 6.07) is 7.72. The molecule has 0 amide bonds. The number of quaternary nitrogens is 1. The standard InChI is InChI=1S/C15H25NO4/c1-18-9-3-8-16-10-14(17)12-20-11-13-4-6-15(19-2)7-5-13/h4-7,14,16-17H,3,8-12H2,1-2H3/p+1/t14-/m1/s1. The monoisotopic (exact) mass is 284 g/mol. The Kier molecular flexibility index (Phi) is 8.98. The number of ether oxygens (including phenoxy) is 3. The zero-order chi connectivity index (χ0) is 14.6. The van der Waals surface area contributed by atoms with Gasteiger partial charge in [0.25, 0.3) is 0 Å². The summed E-state index contributed by atoms with van der Waals surface area (Å²) < 4.78 is 15.6. The Hall–Kier alpha value is -1.14. The van der Waals surface area contributed by atoms with Gasteiger partial charge in [-0.2, -0.15) is 0 Å². The molecule has 3 N–H and O–H groups in total. The van der Waals surface area contributed by atoms with Crippen molar-refractivity contribution in [2.24, 2.45) is 0 Å². The van der Waals surface area contributed by atoms with E-state index >= 15 is 0 Å². The Morgan fingerprint density at radius 1 is 1.20 bits per heavy atom. The van der Waals surface area contributed by atoms with Gasteiger partial charge in [-0.25, -0.2) is 0 Å². The lowest BCUT2D eigenvalue weighted by atomic mass is 10.2. The molecular formula is C15H26NO4+. The zero-order valence-corrected chi connectivity index (χ0v) is 12.4. The van der Waals surface area contributed by atoms with Gasteiger partial charge >= 0.3 is 0 Å². The number of benzene rings is 1. The molecule has 114 valence electrons. The molecule has 0 aromatic heterocycles. The summed E-state index contributed by atoms with van der Waals surface area (Å²) in [7, 11) is 3.34. The van der Waals surface area contributed by atoms with E-state index in [2.05, 4.69) is 5.32 Å². The SMILES string of the molecule is COCCC[NH2+]C[C@@H](O)COCc1ccc(OC)cc1. The quantitative estimate of drug-likeness (QED) is 0.569. The summed E-state index contributed by atoms with van der Waals surface area (Å²) in [6.45, 7) is 3.24. The number of rotatable bonds is 11. The molecular weight excluding hydrogens is 258 g/mol. The first kappa shape index (κ1) is 16.9. The van der Waals surface area contributed by atoms with Crippen LogP contribution in [0.3, 0.4) is 0 Å². The van der Waals surface area contributed by atoms with Crippen LogP contribution in [0.5, 0.6) is 5.75 Å². The van der Waals surface area contributed by atoms with Crippen molar-refractivity contribution in [1.82, 2.24) is 0 Å². The number of aliphatic hydroxyl groups excluding tert-OH is 1. The Morgan fingerprint density at radius 3 is 2.60 bits per heavy atom. The average Bonchev–Trinajstić information content (AvgIpc) is 2.48. The van der Waals surface area contributed by atoms with Gasteiger partial charge in [0.05, 0.1) is 33.5 Å². The van der Waals surface area contributed by atoms with Crippen molar-refractivity contribution in [3.8, 4) is 5.75 Å². The summed E-state index contributed by atoms with van der Waals surface area (Å²) in [5.74, 6) is 0.833. The van der Waals surface area contributed by atoms with Crippen molar-refractivity contribution in [1.29, 1.82) is 0 Å². The molecule has 1 atom stereocenters. The second-order valence-corrected chi connectivity index (χ2v) is 4.68. The summed E-state index contributed by atoms with van der Waals surface area (Å²) in [6.07, 6.45) is 0.562. The molecule has 0 radical (unpaired) electrons. The second-order valence-electron chi connectivity index (χ2n) is 4.68. The van der Waals surface area contributed by atoms with Crippen LogP contribution in [0.4, 0.5) is 0 Å². The number of methoxy groups -OCH3 is 2. The van der Waals surface area contributed by atoms with Crippen LogP contribution < -0.4 is 10.1 Å². The van der Waals surface area contributed by atoms with E-state index in [1.807, 2.05) is 24.3 Å². The van der Waals surface area contributed by atoms with E-state index in [1.165, 1.54) is 0 Å². The topological polar surface area (TPSA) is 64.5 Å². The Morgan fingerprint density at radius 2 is 1.95 bits per heavy atom. The largest absolute Gasteiger partial charge is 0.497 e. The van der Waals surface area contributed by atoms with Crippen molar-refractivity contribution in [3.63, 3.8) is 0 Å². The van der Waals surface area contributed by atoms with E-state index in [1.54, 1.807) is 14.2 Å². The third kappa shape index (κ3) is 7.45. The van der Waals surface area contributed by atoms with Crippen LogP contribution in [-0.2, 0) is 16.1 Å². The van der Waals surface area contributed by atoms with E-state index in [0.717, 1.165) is 30.9 Å².